The molecule has 0 radical (unpaired) electrons. The van der Waals surface area contributed by atoms with E-state index in [0.29, 0.717) is 0 Å². The van der Waals surface area contributed by atoms with Crippen LogP contribution in [0.15, 0.2) is 231 Å². The number of fused-ring (bicyclic) bond motifs is 15. The standard InChI is InChI=1S/C65H50N2Si/c1-43-17-15-23-50(37-43)66(48-19-7-5-8-20-48)53-33-35-56-46(38-53)30-34-57-59-40-45-29-32-52(67(49-21-9-6-10-22-49)51-24-16-25-54(42-51)68(2,3)4)39-47(45)41-62(59)65(64(56)57)60-28-14-13-27-58(60)63-55-26-12-11-18-44(55)31-36-61(63)65/h5-42H,1-4H3. The van der Waals surface area contributed by atoms with Gasteiger partial charge >= 0.3 is 0 Å². The molecule has 2 nitrogen and oxygen atoms in total. The molecular weight excluding hydrogens is 837 g/mol. The first-order chi connectivity index (χ1) is 33.3. The predicted molar refractivity (Wildman–Crippen MR) is 292 cm³/mol. The topological polar surface area (TPSA) is 6.48 Å². The van der Waals surface area contributed by atoms with Crippen LogP contribution >= 0.6 is 0 Å². The van der Waals surface area contributed by atoms with Gasteiger partial charge in [0.05, 0.1) is 13.5 Å². The van der Waals surface area contributed by atoms with Gasteiger partial charge in [-0.05, 0) is 174 Å². The van der Waals surface area contributed by atoms with Crippen molar-refractivity contribution < 1.29 is 0 Å². The molecule has 1 unspecified atom stereocenters. The van der Waals surface area contributed by atoms with Gasteiger partial charge in [-0.15, -0.1) is 0 Å². The Balaban J connectivity index is 1.08. The van der Waals surface area contributed by atoms with E-state index in [-0.39, 0.29) is 0 Å². The summed E-state index contributed by atoms with van der Waals surface area (Å²) >= 11 is 0. The second kappa shape index (κ2) is 15.3. The predicted octanol–water partition coefficient (Wildman–Crippen LogP) is 17.3. The lowest BCUT2D eigenvalue weighted by Crippen LogP contribution is -2.37. The Morgan fingerprint density at radius 1 is 0.338 bits per heavy atom. The first-order valence-electron chi connectivity index (χ1n) is 23.9. The van der Waals surface area contributed by atoms with Gasteiger partial charge in [0.1, 0.15) is 0 Å². The van der Waals surface area contributed by atoms with E-state index in [0.717, 1.165) is 28.4 Å². The Morgan fingerprint density at radius 2 is 0.941 bits per heavy atom. The second-order valence-corrected chi connectivity index (χ2v) is 24.9. The fourth-order valence-electron chi connectivity index (χ4n) is 11.7. The Bertz CT molecular complexity index is 3810. The van der Waals surface area contributed by atoms with Crippen molar-refractivity contribution in [1.29, 1.82) is 0 Å². The normalized spacial score (nSPS) is 14.5. The molecule has 2 aliphatic rings. The van der Waals surface area contributed by atoms with Crippen LogP contribution in [0.5, 0.6) is 0 Å². The third kappa shape index (κ3) is 6.09. The maximum absolute atomic E-state index is 2.55. The first kappa shape index (κ1) is 40.3. The molecule has 11 aromatic rings. The molecule has 1 spiro atoms. The summed E-state index contributed by atoms with van der Waals surface area (Å²) in [4.78, 5) is 4.83. The molecule has 0 saturated carbocycles. The van der Waals surface area contributed by atoms with Crippen molar-refractivity contribution in [3.63, 3.8) is 0 Å². The van der Waals surface area contributed by atoms with Gasteiger partial charge in [-0.1, -0.05) is 170 Å². The third-order valence-electron chi connectivity index (χ3n) is 14.7. The van der Waals surface area contributed by atoms with Crippen LogP contribution in [-0.4, -0.2) is 8.07 Å². The largest absolute Gasteiger partial charge is 0.310 e. The maximum Gasteiger partial charge on any atom is 0.0776 e. The van der Waals surface area contributed by atoms with Gasteiger partial charge in [0.2, 0.25) is 0 Å². The summed E-state index contributed by atoms with van der Waals surface area (Å²) in [5.74, 6) is 0. The molecule has 0 N–H and O–H groups in total. The number of hydrogen-bond acceptors (Lipinski definition) is 2. The van der Waals surface area contributed by atoms with Crippen molar-refractivity contribution in [3.05, 3.63) is 258 Å². The van der Waals surface area contributed by atoms with E-state index in [1.807, 2.05) is 0 Å². The molecule has 68 heavy (non-hydrogen) atoms. The third-order valence-corrected chi connectivity index (χ3v) is 16.8. The quantitative estimate of drug-likeness (QED) is 0.147. The highest BCUT2D eigenvalue weighted by molar-refractivity contribution is 6.88. The molecule has 0 fully saturated rings. The fourth-order valence-corrected chi connectivity index (χ4v) is 12.9. The summed E-state index contributed by atoms with van der Waals surface area (Å²) in [7, 11) is -1.58. The lowest BCUT2D eigenvalue weighted by Gasteiger charge is -2.32. The number of nitrogens with zero attached hydrogens (tertiary/aromatic N) is 2. The second-order valence-electron chi connectivity index (χ2n) is 19.8. The van der Waals surface area contributed by atoms with E-state index in [1.165, 1.54) is 93.3 Å². The molecule has 11 aromatic carbocycles. The smallest absolute Gasteiger partial charge is 0.0776 e. The SMILES string of the molecule is Cc1cccc(N(c2ccccc2)c2ccc3c4c(ccc3c2)-c2cc3ccc(N(c5ccccc5)c5cccc([Si](C)(C)C)c5)cc3cc2C42c3ccccc3-c3c2ccc2ccccc32)c1. The van der Waals surface area contributed by atoms with Crippen LogP contribution in [0.3, 0.4) is 0 Å². The number of anilines is 6. The summed E-state index contributed by atoms with van der Waals surface area (Å²) in [6.07, 6.45) is 0. The highest BCUT2D eigenvalue weighted by Crippen LogP contribution is 2.65. The van der Waals surface area contributed by atoms with Gasteiger partial charge in [0, 0.05) is 34.1 Å². The van der Waals surface area contributed by atoms with Crippen molar-refractivity contribution in [2.45, 2.75) is 32.0 Å². The summed E-state index contributed by atoms with van der Waals surface area (Å²) in [6.45, 7) is 9.46. The van der Waals surface area contributed by atoms with Crippen LogP contribution in [0.25, 0.3) is 54.6 Å². The molecule has 324 valence electrons. The Morgan fingerprint density at radius 3 is 1.69 bits per heavy atom. The summed E-state index contributed by atoms with van der Waals surface area (Å²) in [5, 5.41) is 8.96. The van der Waals surface area contributed by atoms with Crippen LogP contribution in [-0.2, 0) is 5.41 Å². The molecule has 0 heterocycles. The highest BCUT2D eigenvalue weighted by Gasteiger charge is 2.53. The van der Waals surface area contributed by atoms with Gasteiger partial charge < -0.3 is 9.80 Å². The van der Waals surface area contributed by atoms with Gasteiger partial charge in [-0.25, -0.2) is 0 Å². The molecule has 0 saturated heterocycles. The lowest BCUT2D eigenvalue weighted by molar-refractivity contribution is 0.803. The Labute approximate surface area is 400 Å². The number of para-hydroxylation sites is 2. The van der Waals surface area contributed by atoms with Crippen LogP contribution in [0, 0.1) is 6.92 Å². The summed E-state index contributed by atoms with van der Waals surface area (Å²) in [5.41, 5.74) is 18.2. The van der Waals surface area contributed by atoms with E-state index < -0.39 is 13.5 Å². The van der Waals surface area contributed by atoms with Crippen LogP contribution in [0.2, 0.25) is 19.6 Å². The van der Waals surface area contributed by atoms with Gasteiger partial charge in [-0.3, -0.25) is 0 Å². The summed E-state index contributed by atoms with van der Waals surface area (Å²) in [6, 6.07) is 86.7. The number of rotatable bonds is 7. The van der Waals surface area contributed by atoms with Crippen molar-refractivity contribution in [1.82, 2.24) is 0 Å². The highest BCUT2D eigenvalue weighted by atomic mass is 28.3. The summed E-state index contributed by atoms with van der Waals surface area (Å²) < 4.78 is 0. The van der Waals surface area contributed by atoms with Gasteiger partial charge in [-0.2, -0.15) is 0 Å². The fraction of sp³-hybridized carbons (Fsp3) is 0.0769. The number of aryl methyl sites for hydroxylation is 1. The molecule has 0 aliphatic heterocycles. The van der Waals surface area contributed by atoms with E-state index in [2.05, 4.69) is 267 Å². The minimum atomic E-state index is -1.58. The zero-order valence-electron chi connectivity index (χ0n) is 38.8. The van der Waals surface area contributed by atoms with Crippen LogP contribution < -0.4 is 15.0 Å². The van der Waals surface area contributed by atoms with Crippen LogP contribution in [0.4, 0.5) is 34.1 Å². The minimum absolute atomic E-state index is 0.563. The van der Waals surface area contributed by atoms with Crippen LogP contribution in [0.1, 0.15) is 27.8 Å². The van der Waals surface area contributed by atoms with E-state index in [4.69, 9.17) is 0 Å². The monoisotopic (exact) mass is 886 g/mol. The number of hydrogen-bond donors (Lipinski definition) is 0. The average molecular weight is 887 g/mol. The maximum atomic E-state index is 2.55. The van der Waals surface area contributed by atoms with E-state index >= 15 is 0 Å². The molecule has 0 amide bonds. The Hall–Kier alpha value is -7.98. The zero-order valence-corrected chi connectivity index (χ0v) is 39.8. The minimum Gasteiger partial charge on any atom is -0.310 e. The van der Waals surface area contributed by atoms with Gasteiger partial charge in [0.15, 0.2) is 0 Å². The molecule has 1 atom stereocenters. The van der Waals surface area contributed by atoms with Gasteiger partial charge in [0.25, 0.3) is 0 Å². The van der Waals surface area contributed by atoms with E-state index in [1.54, 1.807) is 0 Å². The Kier molecular flexibility index (Phi) is 9.06. The molecule has 2 aliphatic carbocycles. The molecule has 0 bridgehead atoms. The molecule has 13 rings (SSSR count). The average Bonchev–Trinajstić information content (AvgIpc) is 3.83. The van der Waals surface area contributed by atoms with Crippen molar-refractivity contribution >= 4 is 79.7 Å². The first-order valence-corrected chi connectivity index (χ1v) is 27.4. The van der Waals surface area contributed by atoms with Crippen molar-refractivity contribution in [2.24, 2.45) is 0 Å². The zero-order chi connectivity index (χ0) is 45.7. The molecular formula is C65H50N2Si. The van der Waals surface area contributed by atoms with Crippen molar-refractivity contribution in [2.75, 3.05) is 9.80 Å². The van der Waals surface area contributed by atoms with E-state index in [9.17, 15) is 0 Å². The molecule has 3 heteroatoms. The number of benzene rings is 11. The lowest BCUT2D eigenvalue weighted by atomic mass is 9.69. The van der Waals surface area contributed by atoms with Crippen molar-refractivity contribution in [3.8, 4) is 22.3 Å². The molecule has 0 aromatic heterocycles.